The zero-order valence-corrected chi connectivity index (χ0v) is 7.26. The predicted molar refractivity (Wildman–Crippen MR) is 45.5 cm³/mol. The van der Waals surface area contributed by atoms with Crippen LogP contribution in [-0.2, 0) is 0 Å². The molecule has 0 N–H and O–H groups in total. The van der Waals surface area contributed by atoms with Gasteiger partial charge in [-0.1, -0.05) is 6.07 Å². The topological polar surface area (TPSA) is 43.1 Å². The molecule has 0 aliphatic heterocycles. The first-order valence-corrected chi connectivity index (χ1v) is 3.67. The van der Waals surface area contributed by atoms with Crippen molar-refractivity contribution >= 4 is 21.6 Å². The number of hydrogen-bond acceptors (Lipinski definition) is 2. The van der Waals surface area contributed by atoms with Gasteiger partial charge in [0.1, 0.15) is 0 Å². The maximum atomic E-state index is 13.3. The summed E-state index contributed by atoms with van der Waals surface area (Å²) >= 11 is 2.75. The molecule has 0 amide bonds. The Labute approximate surface area is 80.7 Å². The molecular weight excluding hydrogens is 229 g/mol. The van der Waals surface area contributed by atoms with Crippen molar-refractivity contribution in [3.8, 4) is 0 Å². The smallest absolute Gasteiger partial charge is 0.258 e. The van der Waals surface area contributed by atoms with Crippen molar-refractivity contribution in [2.75, 3.05) is 0 Å². The lowest BCUT2D eigenvalue weighted by Crippen LogP contribution is -1.96. The number of nitro groups is 1. The zero-order valence-electron chi connectivity index (χ0n) is 8.67. The number of halogens is 2. The Hall–Kier alpha value is -0.970. The molecule has 1 aromatic rings. The van der Waals surface area contributed by atoms with Crippen molar-refractivity contribution < 1.29 is 13.4 Å². The van der Waals surface area contributed by atoms with Crippen molar-refractivity contribution in [1.82, 2.24) is 0 Å². The van der Waals surface area contributed by atoms with Crippen LogP contribution in [0, 0.1) is 22.8 Å². The van der Waals surface area contributed by atoms with Gasteiger partial charge in [-0.2, -0.15) is 4.39 Å². The number of aryl methyl sites for hydroxylation is 1. The van der Waals surface area contributed by atoms with E-state index in [1.165, 1.54) is 0 Å². The van der Waals surface area contributed by atoms with Gasteiger partial charge >= 0.3 is 5.69 Å². The second kappa shape index (κ2) is 3.18. The molecule has 64 valence electrons. The van der Waals surface area contributed by atoms with E-state index in [1.807, 2.05) is 0 Å². The minimum atomic E-state index is -2.70. The maximum Gasteiger partial charge on any atom is 0.308 e. The van der Waals surface area contributed by atoms with Crippen LogP contribution in [0.5, 0.6) is 0 Å². The van der Waals surface area contributed by atoms with Gasteiger partial charge in [0.2, 0.25) is 5.82 Å². The highest BCUT2D eigenvalue weighted by molar-refractivity contribution is 9.10. The Morgan fingerprint density at radius 3 is 2.92 bits per heavy atom. The van der Waals surface area contributed by atoms with Gasteiger partial charge in [0.25, 0.3) is 0 Å². The zero-order chi connectivity index (χ0) is 11.8. The lowest BCUT2D eigenvalue weighted by atomic mass is 10.2. The number of nitrogens with zero attached hydrogens (tertiary/aromatic N) is 1. The molecule has 5 heteroatoms. The largest absolute Gasteiger partial charge is 0.308 e. The van der Waals surface area contributed by atoms with Gasteiger partial charge in [0.15, 0.2) is 0 Å². The third kappa shape index (κ3) is 1.45. The van der Waals surface area contributed by atoms with E-state index in [0.29, 0.717) is 0 Å². The van der Waals surface area contributed by atoms with Crippen molar-refractivity contribution in [2.45, 2.75) is 6.85 Å². The molecule has 0 fully saturated rings. The molecule has 0 atom stereocenters. The molecule has 0 aromatic heterocycles. The molecule has 0 radical (unpaired) electrons. The second-order valence-corrected chi connectivity index (χ2v) is 2.87. The Bertz CT molecular complexity index is 421. The van der Waals surface area contributed by atoms with Crippen molar-refractivity contribution in [3.05, 3.63) is 38.1 Å². The van der Waals surface area contributed by atoms with E-state index in [0.717, 1.165) is 12.1 Å². The monoisotopic (exact) mass is 236 g/mol. The molecule has 0 aliphatic carbocycles. The molecule has 1 aromatic carbocycles. The van der Waals surface area contributed by atoms with Crippen molar-refractivity contribution in [3.63, 3.8) is 0 Å². The molecule has 0 spiro atoms. The minimum absolute atomic E-state index is 0.137. The van der Waals surface area contributed by atoms with E-state index in [4.69, 9.17) is 4.11 Å². The maximum absolute atomic E-state index is 13.3. The summed E-state index contributed by atoms with van der Waals surface area (Å²) in [5, 5.41) is 10.5. The van der Waals surface area contributed by atoms with Gasteiger partial charge in [-0.25, -0.2) is 0 Å². The SMILES string of the molecule is [2H]C([2H])([2H])c1ccc(Br)c(F)c1[N+](=O)[O-]. The van der Waals surface area contributed by atoms with Crippen LogP contribution in [0.2, 0.25) is 0 Å². The molecule has 0 aliphatic rings. The summed E-state index contributed by atoms with van der Waals surface area (Å²) in [6, 6.07) is 2.14. The Morgan fingerprint density at radius 1 is 1.75 bits per heavy atom. The highest BCUT2D eigenvalue weighted by atomic mass is 79.9. The lowest BCUT2D eigenvalue weighted by molar-refractivity contribution is -0.388. The Morgan fingerprint density at radius 2 is 2.42 bits per heavy atom. The standard InChI is InChI=1S/C7H5BrFNO2/c1-4-2-3-5(8)6(9)7(4)10(11)12/h2-3H,1H3/i1D3. The van der Waals surface area contributed by atoms with E-state index < -0.39 is 28.8 Å². The summed E-state index contributed by atoms with van der Waals surface area (Å²) in [7, 11) is 0. The first kappa shape index (κ1) is 5.64. The third-order valence-corrected chi connectivity index (χ3v) is 1.86. The van der Waals surface area contributed by atoms with Crippen LogP contribution < -0.4 is 0 Å². The average Bonchev–Trinajstić information content (AvgIpc) is 2.06. The Kier molecular flexibility index (Phi) is 1.50. The second-order valence-electron chi connectivity index (χ2n) is 2.01. The molecule has 0 unspecified atom stereocenters. The summed E-state index contributed by atoms with van der Waals surface area (Å²) in [6.07, 6.45) is 0. The van der Waals surface area contributed by atoms with Gasteiger partial charge in [-0.3, -0.25) is 10.1 Å². The number of hydrogen-bond donors (Lipinski definition) is 0. The van der Waals surface area contributed by atoms with Crippen LogP contribution in [0.3, 0.4) is 0 Å². The van der Waals surface area contributed by atoms with Gasteiger partial charge in [0, 0.05) is 9.68 Å². The average molecular weight is 237 g/mol. The van der Waals surface area contributed by atoms with E-state index in [1.54, 1.807) is 0 Å². The summed E-state index contributed by atoms with van der Waals surface area (Å²) in [4.78, 5) is 9.50. The number of nitro benzene ring substituents is 1. The van der Waals surface area contributed by atoms with Crippen LogP contribution in [0.1, 0.15) is 9.68 Å². The molecule has 0 saturated carbocycles. The number of rotatable bonds is 1. The lowest BCUT2D eigenvalue weighted by Gasteiger charge is -1.98. The summed E-state index contributed by atoms with van der Waals surface area (Å²) in [6.45, 7) is -2.70. The summed E-state index contributed by atoms with van der Waals surface area (Å²) in [5.41, 5.74) is -1.61. The molecule has 3 nitrogen and oxygen atoms in total. The fourth-order valence-electron chi connectivity index (χ4n) is 0.718. The van der Waals surface area contributed by atoms with Crippen molar-refractivity contribution in [1.29, 1.82) is 0 Å². The molecule has 0 heterocycles. The van der Waals surface area contributed by atoms with Gasteiger partial charge in [-0.05, 0) is 28.8 Å². The number of benzene rings is 1. The third-order valence-electron chi connectivity index (χ3n) is 1.25. The molecule has 12 heavy (non-hydrogen) atoms. The molecular formula is C7H5BrFNO2. The van der Waals surface area contributed by atoms with Gasteiger partial charge in [0.05, 0.1) is 9.40 Å². The van der Waals surface area contributed by atoms with Crippen LogP contribution in [-0.4, -0.2) is 4.92 Å². The van der Waals surface area contributed by atoms with Crippen molar-refractivity contribution in [2.24, 2.45) is 0 Å². The molecule has 0 bridgehead atoms. The van der Waals surface area contributed by atoms with E-state index >= 15 is 0 Å². The van der Waals surface area contributed by atoms with Crippen LogP contribution in [0.15, 0.2) is 16.6 Å². The molecule has 0 saturated heterocycles. The quantitative estimate of drug-likeness (QED) is 0.556. The first-order chi connectivity index (χ1) is 6.75. The Balaban J connectivity index is 3.55. The predicted octanol–water partition coefficient (Wildman–Crippen LogP) is 2.80. The van der Waals surface area contributed by atoms with Gasteiger partial charge in [-0.15, -0.1) is 0 Å². The highest BCUT2D eigenvalue weighted by Crippen LogP contribution is 2.27. The van der Waals surface area contributed by atoms with Gasteiger partial charge < -0.3 is 0 Å². The van der Waals surface area contributed by atoms with Crippen LogP contribution in [0.4, 0.5) is 10.1 Å². The van der Waals surface area contributed by atoms with E-state index in [9.17, 15) is 14.5 Å². The summed E-state index contributed by atoms with van der Waals surface area (Å²) < 4.78 is 34.2. The van der Waals surface area contributed by atoms with Crippen LogP contribution in [0.25, 0.3) is 0 Å². The first-order valence-electron chi connectivity index (χ1n) is 4.38. The van der Waals surface area contributed by atoms with E-state index in [2.05, 4.69) is 15.9 Å². The fourth-order valence-corrected chi connectivity index (χ4v) is 1.04. The van der Waals surface area contributed by atoms with E-state index in [-0.39, 0.29) is 4.47 Å². The minimum Gasteiger partial charge on any atom is -0.258 e. The fraction of sp³-hybridized carbons (Fsp3) is 0.143. The molecule has 1 rings (SSSR count). The highest BCUT2D eigenvalue weighted by Gasteiger charge is 2.19. The van der Waals surface area contributed by atoms with Crippen LogP contribution >= 0.6 is 15.9 Å². The summed E-state index contributed by atoms with van der Waals surface area (Å²) in [5.74, 6) is -1.17. The normalized spacial score (nSPS) is 14.7.